The molecular formula is C10H10N2O. The maximum Gasteiger partial charge on any atom is 0.248 e. The monoisotopic (exact) mass is 174 g/mol. The van der Waals surface area contributed by atoms with Crippen molar-refractivity contribution in [2.24, 2.45) is 0 Å². The van der Waals surface area contributed by atoms with E-state index < -0.39 is 0 Å². The number of nitrogens with two attached hydrogens (primary N) is 1. The van der Waals surface area contributed by atoms with E-state index in [1.165, 1.54) is 6.07 Å². The fourth-order valence-electron chi connectivity index (χ4n) is 1.35. The van der Waals surface area contributed by atoms with Gasteiger partial charge < -0.3 is 10.7 Å². The summed E-state index contributed by atoms with van der Waals surface area (Å²) in [5, 5.41) is 0.961. The fraction of sp³-hybridized carbons (Fsp3) is 0.100. The second kappa shape index (κ2) is 2.62. The SMILES string of the molecule is Cc1ccc2ccc(=O)[nH]c2c1N. The normalized spacial score (nSPS) is 10.5. The van der Waals surface area contributed by atoms with Crippen LogP contribution in [0.1, 0.15) is 5.56 Å². The third-order valence-corrected chi connectivity index (χ3v) is 2.16. The first kappa shape index (κ1) is 7.86. The van der Waals surface area contributed by atoms with E-state index in [1.54, 1.807) is 6.07 Å². The van der Waals surface area contributed by atoms with Gasteiger partial charge in [-0.1, -0.05) is 12.1 Å². The second-order valence-corrected chi connectivity index (χ2v) is 3.08. The Bertz CT molecular complexity index is 514. The maximum atomic E-state index is 11.0. The van der Waals surface area contributed by atoms with Crippen LogP contribution in [0.3, 0.4) is 0 Å². The number of hydrogen-bond acceptors (Lipinski definition) is 2. The Morgan fingerprint density at radius 3 is 2.69 bits per heavy atom. The largest absolute Gasteiger partial charge is 0.397 e. The molecular weight excluding hydrogens is 164 g/mol. The highest BCUT2D eigenvalue weighted by molar-refractivity contribution is 5.90. The van der Waals surface area contributed by atoms with Crippen LogP contribution in [-0.4, -0.2) is 4.98 Å². The lowest BCUT2D eigenvalue weighted by Crippen LogP contribution is -2.04. The molecule has 0 aliphatic heterocycles. The van der Waals surface area contributed by atoms with Gasteiger partial charge in [0.1, 0.15) is 0 Å². The van der Waals surface area contributed by atoms with E-state index in [0.717, 1.165) is 16.5 Å². The van der Waals surface area contributed by atoms with Gasteiger partial charge in [-0.25, -0.2) is 0 Å². The average molecular weight is 174 g/mol. The Labute approximate surface area is 75.2 Å². The van der Waals surface area contributed by atoms with Crippen molar-refractivity contribution >= 4 is 16.6 Å². The topological polar surface area (TPSA) is 58.9 Å². The van der Waals surface area contributed by atoms with Gasteiger partial charge in [-0.3, -0.25) is 4.79 Å². The molecule has 0 spiro atoms. The van der Waals surface area contributed by atoms with Crippen LogP contribution >= 0.6 is 0 Å². The molecule has 2 rings (SSSR count). The Morgan fingerprint density at radius 1 is 1.23 bits per heavy atom. The number of hydrogen-bond donors (Lipinski definition) is 2. The molecule has 3 nitrogen and oxygen atoms in total. The number of fused-ring (bicyclic) bond motifs is 1. The fourth-order valence-corrected chi connectivity index (χ4v) is 1.35. The molecule has 0 bridgehead atoms. The number of nitrogen functional groups attached to an aromatic ring is 1. The zero-order valence-corrected chi connectivity index (χ0v) is 7.29. The highest BCUT2D eigenvalue weighted by Crippen LogP contribution is 2.20. The van der Waals surface area contributed by atoms with Crippen LogP contribution in [0.15, 0.2) is 29.1 Å². The zero-order valence-electron chi connectivity index (χ0n) is 7.29. The smallest absolute Gasteiger partial charge is 0.248 e. The van der Waals surface area contributed by atoms with Crippen molar-refractivity contribution in [2.75, 3.05) is 5.73 Å². The maximum absolute atomic E-state index is 11.0. The minimum absolute atomic E-state index is 0.121. The van der Waals surface area contributed by atoms with E-state index in [4.69, 9.17) is 5.73 Å². The summed E-state index contributed by atoms with van der Waals surface area (Å²) < 4.78 is 0. The van der Waals surface area contributed by atoms with Crippen LogP contribution in [-0.2, 0) is 0 Å². The number of anilines is 1. The van der Waals surface area contributed by atoms with Crippen molar-refractivity contribution in [3.8, 4) is 0 Å². The number of pyridine rings is 1. The molecule has 13 heavy (non-hydrogen) atoms. The van der Waals surface area contributed by atoms with Gasteiger partial charge >= 0.3 is 0 Å². The number of aromatic amines is 1. The van der Waals surface area contributed by atoms with Gasteiger partial charge in [0.15, 0.2) is 0 Å². The summed E-state index contributed by atoms with van der Waals surface area (Å²) >= 11 is 0. The minimum Gasteiger partial charge on any atom is -0.397 e. The third-order valence-electron chi connectivity index (χ3n) is 2.16. The van der Waals surface area contributed by atoms with Crippen molar-refractivity contribution in [1.29, 1.82) is 0 Å². The number of aromatic nitrogens is 1. The molecule has 66 valence electrons. The van der Waals surface area contributed by atoms with Gasteiger partial charge in [0.25, 0.3) is 0 Å². The first-order chi connectivity index (χ1) is 6.18. The molecule has 0 amide bonds. The van der Waals surface area contributed by atoms with Gasteiger partial charge in [0, 0.05) is 11.5 Å². The molecule has 0 unspecified atom stereocenters. The molecule has 3 N–H and O–H groups in total. The molecule has 1 heterocycles. The predicted octanol–water partition coefficient (Wildman–Crippen LogP) is 1.42. The summed E-state index contributed by atoms with van der Waals surface area (Å²) in [6.07, 6.45) is 0. The number of H-pyrrole nitrogens is 1. The second-order valence-electron chi connectivity index (χ2n) is 3.08. The zero-order chi connectivity index (χ0) is 9.42. The van der Waals surface area contributed by atoms with Crippen LogP contribution in [0.5, 0.6) is 0 Å². The van der Waals surface area contributed by atoms with Gasteiger partial charge in [-0.2, -0.15) is 0 Å². The summed E-state index contributed by atoms with van der Waals surface area (Å²) in [5.74, 6) is 0. The average Bonchev–Trinajstić information content (AvgIpc) is 2.12. The van der Waals surface area contributed by atoms with E-state index in [1.807, 2.05) is 19.1 Å². The molecule has 0 saturated carbocycles. The quantitative estimate of drug-likeness (QED) is 0.593. The molecule has 2 aromatic rings. The Hall–Kier alpha value is -1.77. The van der Waals surface area contributed by atoms with Crippen LogP contribution in [0.2, 0.25) is 0 Å². The first-order valence-corrected chi connectivity index (χ1v) is 4.06. The number of aryl methyl sites for hydroxylation is 1. The molecule has 0 radical (unpaired) electrons. The van der Waals surface area contributed by atoms with E-state index >= 15 is 0 Å². The molecule has 0 saturated heterocycles. The predicted molar refractivity (Wildman–Crippen MR) is 53.7 cm³/mol. The Balaban J connectivity index is 2.97. The lowest BCUT2D eigenvalue weighted by atomic mass is 10.1. The number of nitrogens with one attached hydrogen (secondary N) is 1. The molecule has 3 heteroatoms. The summed E-state index contributed by atoms with van der Waals surface area (Å²) in [4.78, 5) is 13.8. The van der Waals surface area contributed by atoms with Gasteiger partial charge in [0.2, 0.25) is 5.56 Å². The number of rotatable bonds is 0. The molecule has 1 aromatic heterocycles. The lowest BCUT2D eigenvalue weighted by molar-refractivity contribution is 1.30. The molecule has 0 aliphatic carbocycles. The lowest BCUT2D eigenvalue weighted by Gasteiger charge is -2.03. The van der Waals surface area contributed by atoms with Crippen molar-refractivity contribution < 1.29 is 0 Å². The third kappa shape index (κ3) is 1.18. The summed E-state index contributed by atoms with van der Waals surface area (Å²) in [5.41, 5.74) is 8.05. The van der Waals surface area contributed by atoms with Gasteiger partial charge in [0.05, 0.1) is 11.2 Å². The minimum atomic E-state index is -0.121. The van der Waals surface area contributed by atoms with E-state index in [0.29, 0.717) is 5.69 Å². The highest BCUT2D eigenvalue weighted by atomic mass is 16.1. The molecule has 0 atom stereocenters. The molecule has 1 aromatic carbocycles. The molecule has 0 fully saturated rings. The van der Waals surface area contributed by atoms with Crippen molar-refractivity contribution in [2.45, 2.75) is 6.92 Å². The first-order valence-electron chi connectivity index (χ1n) is 4.06. The van der Waals surface area contributed by atoms with E-state index in [2.05, 4.69) is 4.98 Å². The van der Waals surface area contributed by atoms with Crippen molar-refractivity contribution in [3.05, 3.63) is 40.2 Å². The Morgan fingerprint density at radius 2 is 1.92 bits per heavy atom. The summed E-state index contributed by atoms with van der Waals surface area (Å²) in [6, 6.07) is 7.15. The molecule has 0 aliphatic rings. The summed E-state index contributed by atoms with van der Waals surface area (Å²) in [6.45, 7) is 1.92. The Kier molecular flexibility index (Phi) is 1.59. The van der Waals surface area contributed by atoms with Crippen molar-refractivity contribution in [1.82, 2.24) is 4.98 Å². The van der Waals surface area contributed by atoms with Crippen LogP contribution in [0.25, 0.3) is 10.9 Å². The van der Waals surface area contributed by atoms with Gasteiger partial charge in [-0.05, 0) is 18.6 Å². The van der Waals surface area contributed by atoms with Crippen molar-refractivity contribution in [3.63, 3.8) is 0 Å². The van der Waals surface area contributed by atoms with Crippen LogP contribution in [0, 0.1) is 6.92 Å². The van der Waals surface area contributed by atoms with Crippen LogP contribution < -0.4 is 11.3 Å². The number of benzene rings is 1. The van der Waals surface area contributed by atoms with Crippen LogP contribution in [0.4, 0.5) is 5.69 Å². The van der Waals surface area contributed by atoms with Gasteiger partial charge in [-0.15, -0.1) is 0 Å². The highest BCUT2D eigenvalue weighted by Gasteiger charge is 2.00. The summed E-state index contributed by atoms with van der Waals surface area (Å²) in [7, 11) is 0. The standard InChI is InChI=1S/C10H10N2O/c1-6-2-3-7-4-5-8(13)12-10(7)9(6)11/h2-5H,11H2,1H3,(H,12,13). The van der Waals surface area contributed by atoms with E-state index in [-0.39, 0.29) is 5.56 Å². The van der Waals surface area contributed by atoms with E-state index in [9.17, 15) is 4.79 Å².